The standard InChI is InChI=1S/C15H13N5O2/c16-12-6-9-5-11-15(18-7-17-11)13(14(9)19-12)8-1-3-10(4-2-8)20(21)22/h1-4,7,13H,5-6H2,(H2,16,19)(H,17,18). The van der Waals surface area contributed by atoms with Crippen molar-refractivity contribution in [1.82, 2.24) is 9.97 Å². The molecular weight excluding hydrogens is 282 g/mol. The van der Waals surface area contributed by atoms with Crippen LogP contribution in [0.25, 0.3) is 0 Å². The molecule has 110 valence electrons. The minimum absolute atomic E-state index is 0.0745. The van der Waals surface area contributed by atoms with E-state index in [0.29, 0.717) is 12.3 Å². The molecule has 2 aromatic rings. The lowest BCUT2D eigenvalue weighted by molar-refractivity contribution is -0.384. The maximum Gasteiger partial charge on any atom is 0.269 e. The van der Waals surface area contributed by atoms with Gasteiger partial charge in [-0.3, -0.25) is 10.1 Å². The third-order valence-electron chi connectivity index (χ3n) is 4.15. The van der Waals surface area contributed by atoms with Crippen LogP contribution < -0.4 is 5.73 Å². The Hall–Kier alpha value is -2.96. The van der Waals surface area contributed by atoms with Crippen molar-refractivity contribution in [1.29, 1.82) is 0 Å². The molecule has 0 radical (unpaired) electrons. The fourth-order valence-electron chi connectivity index (χ4n) is 3.17. The summed E-state index contributed by atoms with van der Waals surface area (Å²) >= 11 is 0. The van der Waals surface area contributed by atoms with Crippen LogP contribution >= 0.6 is 0 Å². The Bertz CT molecular complexity index is 832. The number of aliphatic imine (C=N–C) groups is 1. The molecule has 0 saturated heterocycles. The van der Waals surface area contributed by atoms with E-state index in [4.69, 9.17) is 5.73 Å². The number of hydrogen-bond acceptors (Lipinski definition) is 5. The third-order valence-corrected chi connectivity index (χ3v) is 4.15. The minimum Gasteiger partial charge on any atom is -0.387 e. The maximum absolute atomic E-state index is 10.8. The summed E-state index contributed by atoms with van der Waals surface area (Å²) in [5.74, 6) is 0.494. The Morgan fingerprint density at radius 3 is 2.77 bits per heavy atom. The predicted molar refractivity (Wildman–Crippen MR) is 80.5 cm³/mol. The van der Waals surface area contributed by atoms with Crippen LogP contribution in [0.15, 0.2) is 46.9 Å². The van der Waals surface area contributed by atoms with Gasteiger partial charge < -0.3 is 10.7 Å². The zero-order valence-electron chi connectivity index (χ0n) is 11.6. The lowest BCUT2D eigenvalue weighted by atomic mass is 9.83. The molecule has 7 nitrogen and oxygen atoms in total. The van der Waals surface area contributed by atoms with Crippen molar-refractivity contribution in [3.05, 3.63) is 68.9 Å². The fraction of sp³-hybridized carbons (Fsp3) is 0.200. The third kappa shape index (κ3) is 1.82. The number of benzene rings is 1. The molecule has 0 bridgehead atoms. The lowest BCUT2D eigenvalue weighted by Gasteiger charge is -2.23. The van der Waals surface area contributed by atoms with Gasteiger partial charge >= 0.3 is 0 Å². The number of fused-ring (bicyclic) bond motifs is 1. The summed E-state index contributed by atoms with van der Waals surface area (Å²) in [5.41, 5.74) is 11.0. The van der Waals surface area contributed by atoms with E-state index in [0.717, 1.165) is 29.1 Å². The van der Waals surface area contributed by atoms with Crippen LogP contribution in [0.4, 0.5) is 5.69 Å². The van der Waals surface area contributed by atoms with E-state index in [9.17, 15) is 10.1 Å². The number of hydrogen-bond donors (Lipinski definition) is 2. The van der Waals surface area contributed by atoms with Gasteiger partial charge in [-0.2, -0.15) is 0 Å². The molecule has 2 heterocycles. The van der Waals surface area contributed by atoms with Crippen LogP contribution in [-0.4, -0.2) is 20.7 Å². The average Bonchev–Trinajstić information content (AvgIpc) is 3.09. The molecular formula is C15H13N5O2. The molecule has 0 amide bonds. The summed E-state index contributed by atoms with van der Waals surface area (Å²) in [6.45, 7) is 0. The number of allylic oxidation sites excluding steroid dienone is 1. The van der Waals surface area contributed by atoms with Crippen molar-refractivity contribution in [2.75, 3.05) is 0 Å². The normalized spacial score (nSPS) is 19.6. The van der Waals surface area contributed by atoms with Gasteiger partial charge in [-0.25, -0.2) is 9.98 Å². The lowest BCUT2D eigenvalue weighted by Crippen LogP contribution is -2.14. The van der Waals surface area contributed by atoms with Crippen LogP contribution in [0.2, 0.25) is 0 Å². The quantitative estimate of drug-likeness (QED) is 0.652. The molecule has 7 heteroatoms. The van der Waals surface area contributed by atoms with Crippen LogP contribution in [-0.2, 0) is 6.42 Å². The second-order valence-corrected chi connectivity index (χ2v) is 5.49. The summed E-state index contributed by atoms with van der Waals surface area (Å²) in [5, 5.41) is 10.8. The van der Waals surface area contributed by atoms with Crippen LogP contribution in [0.3, 0.4) is 0 Å². The van der Waals surface area contributed by atoms with E-state index in [1.54, 1.807) is 18.5 Å². The highest BCUT2D eigenvalue weighted by Crippen LogP contribution is 2.43. The maximum atomic E-state index is 10.8. The number of H-pyrrole nitrogens is 1. The summed E-state index contributed by atoms with van der Waals surface area (Å²) in [4.78, 5) is 22.5. The first-order chi connectivity index (χ1) is 10.6. The van der Waals surface area contributed by atoms with Crippen LogP contribution in [0, 0.1) is 10.1 Å². The molecule has 2 aliphatic rings. The number of amidine groups is 1. The zero-order chi connectivity index (χ0) is 15.3. The molecule has 1 aromatic heterocycles. The molecule has 1 aliphatic carbocycles. The number of nitrogens with zero attached hydrogens (tertiary/aromatic N) is 3. The summed E-state index contributed by atoms with van der Waals surface area (Å²) in [6.07, 6.45) is 3.13. The van der Waals surface area contributed by atoms with E-state index in [1.807, 2.05) is 0 Å². The Labute approximate surface area is 125 Å². The van der Waals surface area contributed by atoms with Gasteiger partial charge in [0.05, 0.1) is 28.6 Å². The van der Waals surface area contributed by atoms with Crippen molar-refractivity contribution < 1.29 is 4.92 Å². The largest absolute Gasteiger partial charge is 0.387 e. The number of nitro benzene ring substituents is 1. The molecule has 4 rings (SSSR count). The van der Waals surface area contributed by atoms with E-state index in [-0.39, 0.29) is 11.6 Å². The Kier molecular flexibility index (Phi) is 2.62. The second kappa shape index (κ2) is 4.52. The highest BCUT2D eigenvalue weighted by molar-refractivity contribution is 5.87. The predicted octanol–water partition coefficient (Wildman–Crippen LogP) is 2.02. The summed E-state index contributed by atoms with van der Waals surface area (Å²) in [7, 11) is 0. The topological polar surface area (TPSA) is 110 Å². The van der Waals surface area contributed by atoms with Crippen molar-refractivity contribution in [3.63, 3.8) is 0 Å². The Morgan fingerprint density at radius 2 is 2.05 bits per heavy atom. The number of aromatic nitrogens is 2. The molecule has 1 aromatic carbocycles. The molecule has 0 saturated carbocycles. The highest BCUT2D eigenvalue weighted by Gasteiger charge is 2.34. The van der Waals surface area contributed by atoms with Gasteiger partial charge in [-0.1, -0.05) is 12.1 Å². The second-order valence-electron chi connectivity index (χ2n) is 5.49. The Balaban J connectivity index is 1.83. The fourth-order valence-corrected chi connectivity index (χ4v) is 3.17. The van der Waals surface area contributed by atoms with E-state index in [1.165, 1.54) is 17.7 Å². The molecule has 1 atom stereocenters. The van der Waals surface area contributed by atoms with E-state index >= 15 is 0 Å². The van der Waals surface area contributed by atoms with Gasteiger partial charge in [-0.15, -0.1) is 0 Å². The first-order valence-corrected chi connectivity index (χ1v) is 6.95. The molecule has 1 unspecified atom stereocenters. The molecule has 0 spiro atoms. The minimum atomic E-state index is -0.402. The number of nitro groups is 1. The monoisotopic (exact) mass is 295 g/mol. The average molecular weight is 295 g/mol. The van der Waals surface area contributed by atoms with Crippen LogP contribution in [0.5, 0.6) is 0 Å². The summed E-state index contributed by atoms with van der Waals surface area (Å²) in [6, 6.07) is 6.56. The summed E-state index contributed by atoms with van der Waals surface area (Å²) < 4.78 is 0. The van der Waals surface area contributed by atoms with Gasteiger partial charge in [0, 0.05) is 30.7 Å². The molecule has 1 aliphatic heterocycles. The number of nitrogens with one attached hydrogen (secondary N) is 1. The van der Waals surface area contributed by atoms with Gasteiger partial charge in [0.25, 0.3) is 5.69 Å². The number of aromatic amines is 1. The number of non-ortho nitro benzene ring substituents is 1. The van der Waals surface area contributed by atoms with Crippen LogP contribution in [0.1, 0.15) is 29.3 Å². The molecule has 0 fully saturated rings. The van der Waals surface area contributed by atoms with E-state index in [2.05, 4.69) is 15.0 Å². The van der Waals surface area contributed by atoms with Crippen molar-refractivity contribution in [3.8, 4) is 0 Å². The first kappa shape index (κ1) is 12.8. The zero-order valence-corrected chi connectivity index (χ0v) is 11.6. The van der Waals surface area contributed by atoms with Gasteiger partial charge in [0.15, 0.2) is 0 Å². The highest BCUT2D eigenvalue weighted by atomic mass is 16.6. The number of nitrogens with two attached hydrogens (primary N) is 1. The SMILES string of the molecule is NC1=NC2=C(C1)Cc1[nH]cnc1C2c1ccc([N+](=O)[O-])cc1. The molecule has 22 heavy (non-hydrogen) atoms. The van der Waals surface area contributed by atoms with Gasteiger partial charge in [0.1, 0.15) is 5.84 Å². The van der Waals surface area contributed by atoms with Crippen molar-refractivity contribution in [2.24, 2.45) is 10.7 Å². The van der Waals surface area contributed by atoms with Gasteiger partial charge in [-0.05, 0) is 11.1 Å². The Morgan fingerprint density at radius 1 is 1.27 bits per heavy atom. The smallest absolute Gasteiger partial charge is 0.269 e. The number of imidazole rings is 1. The van der Waals surface area contributed by atoms with Gasteiger partial charge in [0.2, 0.25) is 0 Å². The van der Waals surface area contributed by atoms with Crippen molar-refractivity contribution >= 4 is 11.5 Å². The van der Waals surface area contributed by atoms with E-state index < -0.39 is 4.92 Å². The number of rotatable bonds is 2. The molecule has 3 N–H and O–H groups in total. The first-order valence-electron chi connectivity index (χ1n) is 6.95. The van der Waals surface area contributed by atoms with Crippen molar-refractivity contribution in [2.45, 2.75) is 18.8 Å².